The van der Waals surface area contributed by atoms with Crippen molar-refractivity contribution in [1.29, 1.82) is 0 Å². The highest BCUT2D eigenvalue weighted by Crippen LogP contribution is 2.19. The molecule has 25 heavy (non-hydrogen) atoms. The first-order valence-corrected chi connectivity index (χ1v) is 8.48. The zero-order valence-corrected chi connectivity index (χ0v) is 14.8. The number of hydrogen-bond acceptors (Lipinski definition) is 3. The maximum atomic E-state index is 12.3. The Labute approximate surface area is 155 Å². The Balaban J connectivity index is 1.63. The molecule has 2 aromatic carbocycles. The second kappa shape index (κ2) is 8.10. The van der Waals surface area contributed by atoms with Crippen LogP contribution in [0.25, 0.3) is 11.3 Å². The van der Waals surface area contributed by atoms with Crippen molar-refractivity contribution in [3.8, 4) is 11.3 Å². The minimum atomic E-state index is -0.253. The first-order chi connectivity index (χ1) is 12.1. The third kappa shape index (κ3) is 4.78. The van der Waals surface area contributed by atoms with Gasteiger partial charge in [-0.3, -0.25) is 9.78 Å². The second-order valence-electron chi connectivity index (χ2n) is 5.43. The predicted octanol–water partition coefficient (Wildman–Crippen LogP) is 4.42. The molecular formula is C19H15Cl2N3O. The van der Waals surface area contributed by atoms with E-state index in [0.29, 0.717) is 28.7 Å². The van der Waals surface area contributed by atoms with Crippen molar-refractivity contribution >= 4 is 29.1 Å². The van der Waals surface area contributed by atoms with Gasteiger partial charge in [0.2, 0.25) is 0 Å². The molecule has 0 bridgehead atoms. The van der Waals surface area contributed by atoms with E-state index in [2.05, 4.69) is 15.3 Å². The average Bonchev–Trinajstić information content (AvgIpc) is 2.64. The van der Waals surface area contributed by atoms with Crippen LogP contribution in [0.3, 0.4) is 0 Å². The number of hydrogen-bond donors (Lipinski definition) is 1. The number of nitrogens with zero attached hydrogens (tertiary/aromatic N) is 2. The molecule has 0 spiro atoms. The van der Waals surface area contributed by atoms with E-state index in [1.165, 1.54) is 6.20 Å². The molecule has 0 unspecified atom stereocenters. The molecule has 0 aliphatic rings. The molecule has 1 amide bonds. The SMILES string of the molecule is O=C(NCCc1ccc(Cl)cc1)c1cncc(-c2ccc(Cl)cc2)n1. The molecule has 0 aliphatic carbocycles. The van der Waals surface area contributed by atoms with Gasteiger partial charge in [-0.15, -0.1) is 0 Å². The minimum Gasteiger partial charge on any atom is -0.350 e. The fourth-order valence-electron chi connectivity index (χ4n) is 2.30. The van der Waals surface area contributed by atoms with Gasteiger partial charge in [-0.2, -0.15) is 0 Å². The molecule has 3 rings (SSSR count). The van der Waals surface area contributed by atoms with E-state index in [-0.39, 0.29) is 11.6 Å². The van der Waals surface area contributed by atoms with Crippen LogP contribution >= 0.6 is 23.2 Å². The van der Waals surface area contributed by atoms with E-state index < -0.39 is 0 Å². The molecule has 0 saturated heterocycles. The van der Waals surface area contributed by atoms with Crippen molar-refractivity contribution in [3.05, 3.63) is 82.2 Å². The minimum absolute atomic E-state index is 0.253. The van der Waals surface area contributed by atoms with E-state index in [1.807, 2.05) is 36.4 Å². The summed E-state index contributed by atoms with van der Waals surface area (Å²) in [6.07, 6.45) is 3.79. The van der Waals surface area contributed by atoms with Gasteiger partial charge in [0.1, 0.15) is 5.69 Å². The normalized spacial score (nSPS) is 10.5. The lowest BCUT2D eigenvalue weighted by Gasteiger charge is -2.06. The van der Waals surface area contributed by atoms with Gasteiger partial charge >= 0.3 is 0 Å². The average molecular weight is 372 g/mol. The molecule has 0 atom stereocenters. The van der Waals surface area contributed by atoms with Crippen molar-refractivity contribution < 1.29 is 4.79 Å². The molecule has 0 radical (unpaired) electrons. The van der Waals surface area contributed by atoms with E-state index in [4.69, 9.17) is 23.2 Å². The van der Waals surface area contributed by atoms with Crippen molar-refractivity contribution in [3.63, 3.8) is 0 Å². The standard InChI is InChI=1S/C19H15Cl2N3O/c20-15-5-1-13(2-6-15)9-10-23-19(25)18-12-22-11-17(24-18)14-3-7-16(21)8-4-14/h1-8,11-12H,9-10H2,(H,23,25). The molecule has 1 aromatic heterocycles. The largest absolute Gasteiger partial charge is 0.350 e. The summed E-state index contributed by atoms with van der Waals surface area (Å²) >= 11 is 11.7. The molecular weight excluding hydrogens is 357 g/mol. The third-order valence-corrected chi connectivity index (χ3v) is 4.12. The lowest BCUT2D eigenvalue weighted by Crippen LogP contribution is -2.26. The Morgan fingerprint density at radius 1 is 0.920 bits per heavy atom. The van der Waals surface area contributed by atoms with Crippen molar-refractivity contribution in [2.75, 3.05) is 6.54 Å². The van der Waals surface area contributed by atoms with E-state index >= 15 is 0 Å². The first-order valence-electron chi connectivity index (χ1n) is 7.72. The number of carbonyl (C=O) groups excluding carboxylic acids is 1. The summed E-state index contributed by atoms with van der Waals surface area (Å²) in [6.45, 7) is 0.507. The highest BCUT2D eigenvalue weighted by atomic mass is 35.5. The molecule has 4 nitrogen and oxygen atoms in total. The van der Waals surface area contributed by atoms with Gasteiger partial charge in [0.25, 0.3) is 5.91 Å². The quantitative estimate of drug-likeness (QED) is 0.721. The van der Waals surface area contributed by atoms with Gasteiger partial charge in [0.05, 0.1) is 18.1 Å². The predicted molar refractivity (Wildman–Crippen MR) is 100.0 cm³/mol. The smallest absolute Gasteiger partial charge is 0.271 e. The molecule has 0 aliphatic heterocycles. The van der Waals surface area contributed by atoms with Crippen LogP contribution in [-0.4, -0.2) is 22.4 Å². The summed E-state index contributed by atoms with van der Waals surface area (Å²) in [5, 5.41) is 4.20. The summed E-state index contributed by atoms with van der Waals surface area (Å²) in [4.78, 5) is 20.8. The lowest BCUT2D eigenvalue weighted by atomic mass is 10.1. The number of aromatic nitrogens is 2. The summed E-state index contributed by atoms with van der Waals surface area (Å²) in [6, 6.07) is 14.8. The fraction of sp³-hybridized carbons (Fsp3) is 0.105. The Morgan fingerprint density at radius 2 is 1.56 bits per heavy atom. The number of benzene rings is 2. The van der Waals surface area contributed by atoms with Crippen LogP contribution < -0.4 is 5.32 Å². The van der Waals surface area contributed by atoms with Crippen LogP contribution in [0, 0.1) is 0 Å². The number of rotatable bonds is 5. The Hall–Kier alpha value is -2.43. The van der Waals surface area contributed by atoms with Crippen LogP contribution in [0.5, 0.6) is 0 Å². The highest BCUT2D eigenvalue weighted by molar-refractivity contribution is 6.30. The molecule has 1 heterocycles. The molecule has 1 N–H and O–H groups in total. The molecule has 6 heteroatoms. The summed E-state index contributed by atoms with van der Waals surface area (Å²) < 4.78 is 0. The van der Waals surface area contributed by atoms with E-state index in [1.54, 1.807) is 18.3 Å². The van der Waals surface area contributed by atoms with Crippen LogP contribution in [-0.2, 0) is 6.42 Å². The first kappa shape index (κ1) is 17.4. The number of carbonyl (C=O) groups is 1. The van der Waals surface area contributed by atoms with Crippen molar-refractivity contribution in [2.24, 2.45) is 0 Å². The maximum Gasteiger partial charge on any atom is 0.271 e. The van der Waals surface area contributed by atoms with Crippen LogP contribution in [0.4, 0.5) is 0 Å². The van der Waals surface area contributed by atoms with Gasteiger partial charge in [0.15, 0.2) is 0 Å². The summed E-state index contributed by atoms with van der Waals surface area (Å²) in [5.41, 5.74) is 2.86. The maximum absolute atomic E-state index is 12.3. The molecule has 0 saturated carbocycles. The monoisotopic (exact) mass is 371 g/mol. The van der Waals surface area contributed by atoms with E-state index in [9.17, 15) is 4.79 Å². The van der Waals surface area contributed by atoms with Gasteiger partial charge < -0.3 is 5.32 Å². The van der Waals surface area contributed by atoms with Gasteiger partial charge in [-0.1, -0.05) is 47.5 Å². The summed E-state index contributed by atoms with van der Waals surface area (Å²) in [7, 11) is 0. The van der Waals surface area contributed by atoms with Gasteiger partial charge in [0, 0.05) is 22.2 Å². The Morgan fingerprint density at radius 3 is 2.24 bits per heavy atom. The van der Waals surface area contributed by atoms with Gasteiger partial charge in [-0.25, -0.2) is 4.98 Å². The Bertz CT molecular complexity index is 865. The van der Waals surface area contributed by atoms with Crippen LogP contribution in [0.2, 0.25) is 10.0 Å². The highest BCUT2D eigenvalue weighted by Gasteiger charge is 2.09. The van der Waals surface area contributed by atoms with Crippen LogP contribution in [0.15, 0.2) is 60.9 Å². The molecule has 3 aromatic rings. The van der Waals surface area contributed by atoms with Crippen molar-refractivity contribution in [2.45, 2.75) is 6.42 Å². The zero-order valence-electron chi connectivity index (χ0n) is 13.2. The Kier molecular flexibility index (Phi) is 5.64. The van der Waals surface area contributed by atoms with Gasteiger partial charge in [-0.05, 0) is 36.2 Å². The topological polar surface area (TPSA) is 54.9 Å². The third-order valence-electron chi connectivity index (χ3n) is 3.62. The lowest BCUT2D eigenvalue weighted by molar-refractivity contribution is 0.0949. The second-order valence-corrected chi connectivity index (χ2v) is 6.30. The number of amides is 1. The summed E-state index contributed by atoms with van der Waals surface area (Å²) in [5.74, 6) is -0.253. The zero-order chi connectivity index (χ0) is 17.6. The fourth-order valence-corrected chi connectivity index (χ4v) is 2.55. The molecule has 0 fully saturated rings. The number of halogens is 2. The van der Waals surface area contributed by atoms with Crippen molar-refractivity contribution in [1.82, 2.24) is 15.3 Å². The van der Waals surface area contributed by atoms with Crippen LogP contribution in [0.1, 0.15) is 16.1 Å². The van der Waals surface area contributed by atoms with E-state index in [0.717, 1.165) is 11.1 Å². The molecule has 126 valence electrons. The number of nitrogens with one attached hydrogen (secondary N) is 1.